The van der Waals surface area contributed by atoms with E-state index in [2.05, 4.69) is 4.99 Å². The van der Waals surface area contributed by atoms with E-state index in [1.165, 1.54) is 0 Å². The molecule has 26 heavy (non-hydrogen) atoms. The van der Waals surface area contributed by atoms with Crippen molar-refractivity contribution in [3.8, 4) is 17.2 Å². The third kappa shape index (κ3) is 3.43. The Balaban J connectivity index is 1.63. The average molecular weight is 383 g/mol. The van der Waals surface area contributed by atoms with Gasteiger partial charge in [0.1, 0.15) is 17.2 Å². The zero-order valence-corrected chi connectivity index (χ0v) is 14.9. The topological polar surface area (TPSA) is 54.7 Å². The Hall–Kier alpha value is -2.82. The molecule has 0 unspecified atom stereocenters. The number of halogens is 2. The van der Waals surface area contributed by atoms with Crippen molar-refractivity contribution in [2.45, 2.75) is 0 Å². The molecule has 0 fully saturated rings. The maximum absolute atomic E-state index is 8.04. The lowest BCUT2D eigenvalue weighted by molar-refractivity contribution is 0.482. The van der Waals surface area contributed by atoms with Gasteiger partial charge in [-0.25, -0.2) is 0 Å². The summed E-state index contributed by atoms with van der Waals surface area (Å²) < 4.78 is 11.7. The lowest BCUT2D eigenvalue weighted by atomic mass is 10.1. The van der Waals surface area contributed by atoms with E-state index in [1.54, 1.807) is 54.6 Å². The number of nitrogens with one attached hydrogen (secondary N) is 1. The molecule has 0 atom stereocenters. The van der Waals surface area contributed by atoms with Crippen molar-refractivity contribution in [3.05, 3.63) is 87.9 Å². The van der Waals surface area contributed by atoms with Gasteiger partial charge in [-0.3, -0.25) is 5.41 Å². The van der Waals surface area contributed by atoms with Gasteiger partial charge in [0.25, 0.3) is 0 Å². The molecule has 0 saturated carbocycles. The largest absolute Gasteiger partial charge is 0.457 e. The van der Waals surface area contributed by atoms with Crippen LogP contribution in [-0.4, -0.2) is 11.7 Å². The molecule has 1 heterocycles. The fourth-order valence-corrected chi connectivity index (χ4v) is 2.94. The maximum Gasteiger partial charge on any atom is 0.229 e. The van der Waals surface area contributed by atoms with Crippen molar-refractivity contribution < 1.29 is 9.47 Å². The molecule has 3 aromatic rings. The van der Waals surface area contributed by atoms with Crippen molar-refractivity contribution in [3.63, 3.8) is 0 Å². The summed E-state index contributed by atoms with van der Waals surface area (Å²) in [5.41, 5.74) is 1.37. The van der Waals surface area contributed by atoms with Crippen LogP contribution in [0.5, 0.6) is 17.2 Å². The molecular formula is C20H12Cl2N2O2. The average Bonchev–Trinajstić information content (AvgIpc) is 2.90. The minimum Gasteiger partial charge on any atom is -0.457 e. The minimum atomic E-state index is 0.145. The van der Waals surface area contributed by atoms with Crippen LogP contribution in [0.3, 0.4) is 0 Å². The SMILES string of the molecule is N=C1N=C(Oc2cccc(Cl)c2)c2cc(Oc3cccc(Cl)c3)ccc21. The zero-order valence-electron chi connectivity index (χ0n) is 13.4. The summed E-state index contributed by atoms with van der Waals surface area (Å²) in [7, 11) is 0. The first-order chi connectivity index (χ1) is 12.6. The molecule has 1 N–H and O–H groups in total. The number of nitrogens with zero attached hydrogens (tertiary/aromatic N) is 1. The maximum atomic E-state index is 8.04. The van der Waals surface area contributed by atoms with Crippen LogP contribution >= 0.6 is 23.2 Å². The van der Waals surface area contributed by atoms with Crippen molar-refractivity contribution in [1.82, 2.24) is 0 Å². The van der Waals surface area contributed by atoms with E-state index in [0.29, 0.717) is 44.3 Å². The Morgan fingerprint density at radius 1 is 0.692 bits per heavy atom. The lowest BCUT2D eigenvalue weighted by Gasteiger charge is -2.10. The Labute approximate surface area is 160 Å². The summed E-state index contributed by atoms with van der Waals surface area (Å²) in [6.45, 7) is 0. The number of fused-ring (bicyclic) bond motifs is 1. The molecule has 0 bridgehead atoms. The summed E-state index contributed by atoms with van der Waals surface area (Å²) in [4.78, 5) is 4.20. The molecule has 6 heteroatoms. The monoisotopic (exact) mass is 382 g/mol. The highest BCUT2D eigenvalue weighted by Gasteiger charge is 2.23. The van der Waals surface area contributed by atoms with Gasteiger partial charge in [-0.2, -0.15) is 4.99 Å². The highest BCUT2D eigenvalue weighted by molar-refractivity contribution is 6.31. The van der Waals surface area contributed by atoms with Gasteiger partial charge < -0.3 is 9.47 Å². The molecule has 0 aromatic heterocycles. The van der Waals surface area contributed by atoms with Crippen LogP contribution in [0.4, 0.5) is 0 Å². The standard InChI is InChI=1S/C20H12Cl2N2O2/c21-12-3-1-5-14(9-12)25-16-7-8-17-18(11-16)20(24-19(17)23)26-15-6-2-4-13(22)10-15/h1-11,23H. The first-order valence-electron chi connectivity index (χ1n) is 7.77. The first kappa shape index (κ1) is 16.6. The number of ether oxygens (including phenoxy) is 2. The van der Waals surface area contributed by atoms with E-state index in [-0.39, 0.29) is 5.84 Å². The summed E-state index contributed by atoms with van der Waals surface area (Å²) in [6, 6.07) is 19.5. The molecule has 0 saturated heterocycles. The Kier molecular flexibility index (Phi) is 4.37. The Morgan fingerprint density at radius 2 is 1.31 bits per heavy atom. The van der Waals surface area contributed by atoms with Crippen molar-refractivity contribution in [2.24, 2.45) is 4.99 Å². The molecule has 3 aromatic carbocycles. The number of rotatable bonds is 3. The Bertz CT molecular complexity index is 1050. The quantitative estimate of drug-likeness (QED) is 0.608. The lowest BCUT2D eigenvalue weighted by Crippen LogP contribution is -2.08. The predicted molar refractivity (Wildman–Crippen MR) is 103 cm³/mol. The highest BCUT2D eigenvalue weighted by Crippen LogP contribution is 2.30. The van der Waals surface area contributed by atoms with Crippen LogP contribution in [-0.2, 0) is 0 Å². The second kappa shape index (κ2) is 6.83. The number of aliphatic imine (C=N–C) groups is 1. The first-order valence-corrected chi connectivity index (χ1v) is 8.53. The van der Waals surface area contributed by atoms with Crippen LogP contribution in [0.2, 0.25) is 10.0 Å². The fourth-order valence-electron chi connectivity index (χ4n) is 2.58. The van der Waals surface area contributed by atoms with Crippen LogP contribution in [0.15, 0.2) is 71.7 Å². The van der Waals surface area contributed by atoms with Gasteiger partial charge in [0.15, 0.2) is 5.84 Å². The van der Waals surface area contributed by atoms with Crippen LogP contribution < -0.4 is 9.47 Å². The number of amidine groups is 1. The highest BCUT2D eigenvalue weighted by atomic mass is 35.5. The summed E-state index contributed by atoms with van der Waals surface area (Å²) in [5.74, 6) is 2.26. The molecule has 0 radical (unpaired) electrons. The van der Waals surface area contributed by atoms with Gasteiger partial charge in [0, 0.05) is 15.6 Å². The third-order valence-corrected chi connectivity index (χ3v) is 4.20. The van der Waals surface area contributed by atoms with Gasteiger partial charge in [-0.1, -0.05) is 35.3 Å². The molecule has 1 aliphatic heterocycles. The summed E-state index contributed by atoms with van der Waals surface area (Å²) in [6.07, 6.45) is 0. The molecule has 0 amide bonds. The normalized spacial score (nSPS) is 12.5. The van der Waals surface area contributed by atoms with Crippen molar-refractivity contribution >= 4 is 34.9 Å². The Morgan fingerprint density at radius 3 is 1.96 bits per heavy atom. The molecule has 0 aliphatic carbocycles. The number of hydrogen-bond acceptors (Lipinski definition) is 3. The second-order valence-corrected chi connectivity index (χ2v) is 6.46. The number of benzene rings is 3. The van der Waals surface area contributed by atoms with Crippen molar-refractivity contribution in [1.29, 1.82) is 5.41 Å². The molecule has 0 spiro atoms. The van der Waals surface area contributed by atoms with E-state index in [9.17, 15) is 0 Å². The zero-order chi connectivity index (χ0) is 18.1. The molecular weight excluding hydrogens is 371 g/mol. The van der Waals surface area contributed by atoms with Gasteiger partial charge in [0.05, 0.1) is 5.56 Å². The number of hydrogen-bond donors (Lipinski definition) is 1. The molecule has 128 valence electrons. The fraction of sp³-hybridized carbons (Fsp3) is 0. The van der Waals surface area contributed by atoms with Crippen LogP contribution in [0.1, 0.15) is 11.1 Å². The van der Waals surface area contributed by atoms with Crippen molar-refractivity contribution in [2.75, 3.05) is 0 Å². The summed E-state index contributed by atoms with van der Waals surface area (Å²) >= 11 is 12.0. The van der Waals surface area contributed by atoms with Crippen LogP contribution in [0, 0.1) is 5.41 Å². The van der Waals surface area contributed by atoms with Gasteiger partial charge in [0.2, 0.25) is 5.90 Å². The molecule has 4 nitrogen and oxygen atoms in total. The van der Waals surface area contributed by atoms with Crippen LogP contribution in [0.25, 0.3) is 0 Å². The van der Waals surface area contributed by atoms with Gasteiger partial charge >= 0.3 is 0 Å². The molecule has 4 rings (SSSR count). The van der Waals surface area contributed by atoms with E-state index in [0.717, 1.165) is 0 Å². The van der Waals surface area contributed by atoms with E-state index >= 15 is 0 Å². The minimum absolute atomic E-state index is 0.145. The predicted octanol–water partition coefficient (Wildman–Crippen LogP) is 5.95. The second-order valence-electron chi connectivity index (χ2n) is 5.59. The smallest absolute Gasteiger partial charge is 0.229 e. The third-order valence-electron chi connectivity index (χ3n) is 3.73. The van der Waals surface area contributed by atoms with Gasteiger partial charge in [-0.15, -0.1) is 0 Å². The molecule has 1 aliphatic rings. The summed E-state index contributed by atoms with van der Waals surface area (Å²) in [5, 5.41) is 9.20. The van der Waals surface area contributed by atoms with E-state index < -0.39 is 0 Å². The van der Waals surface area contributed by atoms with E-state index in [1.807, 2.05) is 12.1 Å². The van der Waals surface area contributed by atoms with Gasteiger partial charge in [-0.05, 0) is 54.6 Å². The van der Waals surface area contributed by atoms with E-state index in [4.69, 9.17) is 38.1 Å².